The van der Waals surface area contributed by atoms with E-state index in [-0.39, 0.29) is 18.3 Å². The van der Waals surface area contributed by atoms with E-state index in [2.05, 4.69) is 40.8 Å². The molecule has 3 rings (SSSR count). The van der Waals surface area contributed by atoms with Crippen molar-refractivity contribution in [1.82, 2.24) is 9.55 Å². The molecule has 0 aliphatic carbocycles. The number of halogens is 1. The van der Waals surface area contributed by atoms with Crippen LogP contribution in [0.3, 0.4) is 0 Å². The van der Waals surface area contributed by atoms with Gasteiger partial charge in [0.1, 0.15) is 0 Å². The molecule has 2 aromatic carbocycles. The van der Waals surface area contributed by atoms with Gasteiger partial charge in [0, 0.05) is 17.8 Å². The molecule has 1 heterocycles. The first-order chi connectivity index (χ1) is 14.6. The van der Waals surface area contributed by atoms with E-state index in [0.29, 0.717) is 11.5 Å². The summed E-state index contributed by atoms with van der Waals surface area (Å²) in [4.78, 5) is 17.1. The van der Waals surface area contributed by atoms with E-state index < -0.39 is 0 Å². The lowest BCUT2D eigenvalue weighted by Gasteiger charge is -2.08. The van der Waals surface area contributed by atoms with E-state index in [4.69, 9.17) is 5.73 Å². The summed E-state index contributed by atoms with van der Waals surface area (Å²) in [6, 6.07) is 13.7. The molecule has 3 aromatic rings. The summed E-state index contributed by atoms with van der Waals surface area (Å²) in [6.07, 6.45) is 9.45. The van der Waals surface area contributed by atoms with Crippen LogP contribution in [0.5, 0.6) is 0 Å². The van der Waals surface area contributed by atoms with Gasteiger partial charge < -0.3 is 15.6 Å². The van der Waals surface area contributed by atoms with Gasteiger partial charge in [0.25, 0.3) is 5.91 Å². The number of nitrogens with zero attached hydrogens (tertiary/aromatic N) is 2. The smallest absolute Gasteiger partial charge is 0.255 e. The highest BCUT2D eigenvalue weighted by Gasteiger charge is 2.11. The van der Waals surface area contributed by atoms with Gasteiger partial charge in [-0.15, -0.1) is 12.4 Å². The third-order valence-corrected chi connectivity index (χ3v) is 5.56. The highest BCUT2D eigenvalue weighted by Crippen LogP contribution is 2.23. The van der Waals surface area contributed by atoms with Crippen LogP contribution >= 0.6 is 12.4 Å². The highest BCUT2D eigenvalue weighted by molar-refractivity contribution is 6.05. The van der Waals surface area contributed by atoms with Crippen molar-refractivity contribution in [3.63, 3.8) is 0 Å². The minimum absolute atomic E-state index is 0. The number of unbranched alkanes of at least 4 members (excludes halogenated alkanes) is 5. The fourth-order valence-electron chi connectivity index (χ4n) is 3.76. The Kier molecular flexibility index (Phi) is 9.86. The first-order valence-electron chi connectivity index (χ1n) is 11.3. The van der Waals surface area contributed by atoms with Gasteiger partial charge in [0.2, 0.25) is 5.95 Å². The van der Waals surface area contributed by atoms with Gasteiger partial charge >= 0.3 is 0 Å². The highest BCUT2D eigenvalue weighted by atomic mass is 35.5. The predicted octanol–water partition coefficient (Wildman–Crippen LogP) is 6.61. The third kappa shape index (κ3) is 6.73. The van der Waals surface area contributed by atoms with E-state index in [1.807, 2.05) is 30.3 Å². The lowest BCUT2D eigenvalue weighted by atomic mass is 10.1. The number of imidazole rings is 1. The molecule has 0 saturated carbocycles. The van der Waals surface area contributed by atoms with Gasteiger partial charge in [-0.2, -0.15) is 0 Å². The normalized spacial score (nSPS) is 10.8. The number of nitrogens with one attached hydrogen (secondary N) is 1. The van der Waals surface area contributed by atoms with Gasteiger partial charge in [-0.3, -0.25) is 4.79 Å². The minimum atomic E-state index is -0.110. The fraction of sp³-hybridized carbons (Fsp3) is 0.440. The topological polar surface area (TPSA) is 72.9 Å². The van der Waals surface area contributed by atoms with Crippen LogP contribution in [0.1, 0.15) is 74.7 Å². The molecule has 0 aliphatic heterocycles. The van der Waals surface area contributed by atoms with Crippen LogP contribution in [0.4, 0.5) is 11.6 Å². The van der Waals surface area contributed by atoms with Crippen molar-refractivity contribution in [2.75, 3.05) is 11.1 Å². The second-order valence-corrected chi connectivity index (χ2v) is 7.99. The molecule has 0 unspecified atom stereocenters. The molecule has 0 fully saturated rings. The lowest BCUT2D eigenvalue weighted by Crippen LogP contribution is -2.11. The summed E-state index contributed by atoms with van der Waals surface area (Å²) in [5, 5.41) is 2.98. The Bertz CT molecular complexity index is 966. The van der Waals surface area contributed by atoms with Gasteiger partial charge in [-0.25, -0.2) is 4.98 Å². The van der Waals surface area contributed by atoms with Crippen molar-refractivity contribution in [1.29, 1.82) is 0 Å². The van der Waals surface area contributed by atoms with Crippen molar-refractivity contribution < 1.29 is 4.79 Å². The van der Waals surface area contributed by atoms with Gasteiger partial charge in [0.05, 0.1) is 11.0 Å². The Hall–Kier alpha value is -2.53. The Labute approximate surface area is 191 Å². The Morgan fingerprint density at radius 2 is 1.68 bits per heavy atom. The molecular formula is C25H35ClN4O. The van der Waals surface area contributed by atoms with Crippen molar-refractivity contribution >= 4 is 41.0 Å². The summed E-state index contributed by atoms with van der Waals surface area (Å²) < 4.78 is 2.06. The summed E-state index contributed by atoms with van der Waals surface area (Å²) in [6.45, 7) is 5.29. The molecule has 5 nitrogen and oxygen atoms in total. The number of nitrogen functional groups attached to an aromatic ring is 1. The van der Waals surface area contributed by atoms with E-state index in [9.17, 15) is 4.79 Å². The molecule has 3 N–H and O–H groups in total. The Morgan fingerprint density at radius 3 is 2.39 bits per heavy atom. The molecule has 0 saturated heterocycles. The molecule has 0 bridgehead atoms. The van der Waals surface area contributed by atoms with E-state index in [1.165, 1.54) is 44.1 Å². The lowest BCUT2D eigenvalue weighted by molar-refractivity contribution is 0.102. The molecule has 0 aliphatic rings. The maximum atomic E-state index is 12.6. The number of hydrogen-bond donors (Lipinski definition) is 2. The minimum Gasteiger partial charge on any atom is -0.369 e. The van der Waals surface area contributed by atoms with Crippen molar-refractivity contribution in [3.8, 4) is 0 Å². The van der Waals surface area contributed by atoms with Crippen LogP contribution in [0.15, 0.2) is 42.5 Å². The Balaban J connectivity index is 0.00000341. The predicted molar refractivity (Wildman–Crippen MR) is 133 cm³/mol. The molecule has 0 radical (unpaired) electrons. The number of aromatic nitrogens is 2. The maximum absolute atomic E-state index is 12.6. The van der Waals surface area contributed by atoms with Gasteiger partial charge in [0.15, 0.2) is 0 Å². The number of rotatable bonds is 11. The SMILES string of the molecule is CCCCCCn1c(N)nc2cc(NC(=O)c3ccc(CCCCC)cc3)ccc21.Cl. The summed E-state index contributed by atoms with van der Waals surface area (Å²) >= 11 is 0. The molecule has 168 valence electrons. The van der Waals surface area contributed by atoms with Gasteiger partial charge in [-0.1, -0.05) is 58.1 Å². The second kappa shape index (κ2) is 12.4. The number of aryl methyl sites for hydroxylation is 2. The number of anilines is 2. The average Bonchev–Trinajstić information content (AvgIpc) is 3.06. The third-order valence-electron chi connectivity index (χ3n) is 5.56. The molecular weight excluding hydrogens is 408 g/mol. The molecule has 31 heavy (non-hydrogen) atoms. The largest absolute Gasteiger partial charge is 0.369 e. The number of amides is 1. The van der Waals surface area contributed by atoms with Crippen LogP contribution < -0.4 is 11.1 Å². The first-order valence-corrected chi connectivity index (χ1v) is 11.3. The number of nitrogens with two attached hydrogens (primary N) is 1. The van der Waals surface area contributed by atoms with Crippen LogP contribution in [0, 0.1) is 0 Å². The van der Waals surface area contributed by atoms with Crippen LogP contribution in [0.2, 0.25) is 0 Å². The zero-order valence-electron chi connectivity index (χ0n) is 18.7. The number of benzene rings is 2. The summed E-state index contributed by atoms with van der Waals surface area (Å²) in [7, 11) is 0. The summed E-state index contributed by atoms with van der Waals surface area (Å²) in [5.41, 5.74) is 10.6. The quantitative estimate of drug-likeness (QED) is 0.328. The zero-order valence-corrected chi connectivity index (χ0v) is 19.5. The van der Waals surface area contributed by atoms with Crippen molar-refractivity contribution in [2.45, 2.75) is 71.8 Å². The zero-order chi connectivity index (χ0) is 21.3. The summed E-state index contributed by atoms with van der Waals surface area (Å²) in [5.74, 6) is 0.421. The number of carbonyl (C=O) groups excluding carboxylic acids is 1. The number of carbonyl (C=O) groups is 1. The van der Waals surface area contributed by atoms with Crippen molar-refractivity contribution in [3.05, 3.63) is 53.6 Å². The van der Waals surface area contributed by atoms with Crippen LogP contribution in [-0.2, 0) is 13.0 Å². The van der Waals surface area contributed by atoms with Gasteiger partial charge in [-0.05, 0) is 55.2 Å². The van der Waals surface area contributed by atoms with E-state index >= 15 is 0 Å². The molecule has 0 atom stereocenters. The standard InChI is InChI=1S/C25H34N4O.ClH/c1-3-5-7-9-17-29-23-16-15-21(18-22(23)28-25(29)26)27-24(30)20-13-11-19(12-14-20)10-8-6-4-2;/h11-16,18H,3-10,17H2,1-2H3,(H2,26,28)(H,27,30);1H. The fourth-order valence-corrected chi connectivity index (χ4v) is 3.76. The average molecular weight is 443 g/mol. The molecule has 0 spiro atoms. The van der Waals surface area contributed by atoms with Crippen LogP contribution in [-0.4, -0.2) is 15.5 Å². The van der Waals surface area contributed by atoms with Crippen molar-refractivity contribution in [2.24, 2.45) is 0 Å². The maximum Gasteiger partial charge on any atom is 0.255 e. The monoisotopic (exact) mass is 442 g/mol. The second-order valence-electron chi connectivity index (χ2n) is 7.99. The van der Waals surface area contributed by atoms with E-state index in [1.54, 1.807) is 0 Å². The molecule has 1 aromatic heterocycles. The number of fused-ring (bicyclic) bond motifs is 1. The Morgan fingerprint density at radius 1 is 0.968 bits per heavy atom. The first kappa shape index (κ1) is 24.7. The van der Waals surface area contributed by atoms with E-state index in [0.717, 1.165) is 36.1 Å². The molecule has 6 heteroatoms. The number of hydrogen-bond acceptors (Lipinski definition) is 3. The van der Waals surface area contributed by atoms with Crippen LogP contribution in [0.25, 0.3) is 11.0 Å². The molecule has 1 amide bonds.